The van der Waals surface area contributed by atoms with Gasteiger partial charge >= 0.3 is 0 Å². The van der Waals surface area contributed by atoms with E-state index in [4.69, 9.17) is 0 Å². The van der Waals surface area contributed by atoms with E-state index in [-0.39, 0.29) is 4.92 Å². The molecule has 0 aromatic heterocycles. The molecule has 1 aliphatic heterocycles. The van der Waals surface area contributed by atoms with Gasteiger partial charge in [-0.1, -0.05) is 6.92 Å². The summed E-state index contributed by atoms with van der Waals surface area (Å²) in [5, 5.41) is 10.6. The first-order valence-corrected chi connectivity index (χ1v) is 3.95. The highest BCUT2D eigenvalue weighted by Gasteiger charge is 2.27. The van der Waals surface area contributed by atoms with Gasteiger partial charge in [0.05, 0.1) is 5.04 Å². The van der Waals surface area contributed by atoms with Crippen LogP contribution in [0, 0.1) is 10.1 Å². The van der Waals surface area contributed by atoms with E-state index in [9.17, 15) is 10.1 Å². The summed E-state index contributed by atoms with van der Waals surface area (Å²) in [6.07, 6.45) is 0.814. The van der Waals surface area contributed by atoms with Gasteiger partial charge < -0.3 is 0 Å². The Labute approximate surface area is 62.9 Å². The SMILES string of the molecule is CCC1=NCC([N+](=O)[O-])S1. The molecule has 1 heterocycles. The van der Waals surface area contributed by atoms with Crippen LogP contribution < -0.4 is 0 Å². The van der Waals surface area contributed by atoms with Crippen molar-refractivity contribution in [3.63, 3.8) is 0 Å². The number of nitrogens with zero attached hydrogens (tertiary/aromatic N) is 2. The summed E-state index contributed by atoms with van der Waals surface area (Å²) in [6, 6.07) is 0. The summed E-state index contributed by atoms with van der Waals surface area (Å²) in [4.78, 5) is 13.9. The second kappa shape index (κ2) is 3.01. The lowest BCUT2D eigenvalue weighted by atomic mass is 10.5. The average Bonchev–Trinajstić information content (AvgIpc) is 2.34. The third kappa shape index (κ3) is 1.47. The van der Waals surface area contributed by atoms with Crippen LogP contribution in [0.2, 0.25) is 0 Å². The van der Waals surface area contributed by atoms with Gasteiger partial charge in [0.2, 0.25) is 0 Å². The fourth-order valence-corrected chi connectivity index (χ4v) is 1.58. The maximum absolute atomic E-state index is 10.2. The van der Waals surface area contributed by atoms with E-state index in [1.54, 1.807) is 0 Å². The molecule has 4 nitrogen and oxygen atoms in total. The molecule has 0 aromatic carbocycles. The molecule has 0 N–H and O–H groups in total. The van der Waals surface area contributed by atoms with Crippen molar-refractivity contribution in [2.75, 3.05) is 6.54 Å². The Kier molecular flexibility index (Phi) is 2.26. The minimum atomic E-state index is -0.519. The molecule has 0 radical (unpaired) electrons. The van der Waals surface area contributed by atoms with Crippen molar-refractivity contribution in [2.24, 2.45) is 4.99 Å². The van der Waals surface area contributed by atoms with E-state index in [2.05, 4.69) is 4.99 Å². The van der Waals surface area contributed by atoms with Crippen molar-refractivity contribution < 1.29 is 4.92 Å². The van der Waals surface area contributed by atoms with Gasteiger partial charge in [0.25, 0.3) is 5.37 Å². The predicted molar refractivity (Wildman–Crippen MR) is 41.0 cm³/mol. The highest BCUT2D eigenvalue weighted by Crippen LogP contribution is 2.22. The Morgan fingerprint density at radius 3 is 3.00 bits per heavy atom. The smallest absolute Gasteiger partial charge is 0.274 e. The molecule has 56 valence electrons. The number of nitro groups is 1. The average molecular weight is 160 g/mol. The van der Waals surface area contributed by atoms with Gasteiger partial charge in [-0.05, 0) is 18.2 Å². The van der Waals surface area contributed by atoms with E-state index >= 15 is 0 Å². The number of thioether (sulfide) groups is 1. The fraction of sp³-hybridized carbons (Fsp3) is 0.800. The number of hydrogen-bond donors (Lipinski definition) is 0. The Hall–Kier alpha value is -0.580. The zero-order valence-corrected chi connectivity index (χ0v) is 6.43. The molecule has 1 rings (SSSR count). The molecule has 1 aliphatic rings. The first kappa shape index (κ1) is 7.53. The highest BCUT2D eigenvalue weighted by molar-refractivity contribution is 8.14. The van der Waals surface area contributed by atoms with Crippen molar-refractivity contribution >= 4 is 16.8 Å². The van der Waals surface area contributed by atoms with E-state index in [0.717, 1.165) is 11.5 Å². The molecular formula is C5H8N2O2S. The normalized spacial score (nSPS) is 24.5. The van der Waals surface area contributed by atoms with Crippen LogP contribution in [0.15, 0.2) is 4.99 Å². The van der Waals surface area contributed by atoms with Crippen molar-refractivity contribution in [3.8, 4) is 0 Å². The van der Waals surface area contributed by atoms with Crippen molar-refractivity contribution in [1.29, 1.82) is 0 Å². The summed E-state index contributed by atoms with van der Waals surface area (Å²) >= 11 is 1.27. The van der Waals surface area contributed by atoms with Gasteiger partial charge in [0, 0.05) is 4.92 Å². The lowest BCUT2D eigenvalue weighted by molar-refractivity contribution is -0.491. The summed E-state index contributed by atoms with van der Waals surface area (Å²) in [7, 11) is 0. The predicted octanol–water partition coefficient (Wildman–Crippen LogP) is 1.14. The van der Waals surface area contributed by atoms with Crippen molar-refractivity contribution in [1.82, 2.24) is 0 Å². The second-order valence-corrected chi connectivity index (χ2v) is 3.20. The summed E-state index contributed by atoms with van der Waals surface area (Å²) in [6.45, 7) is 2.30. The van der Waals surface area contributed by atoms with Gasteiger partial charge in [-0.2, -0.15) is 0 Å². The third-order valence-corrected chi connectivity index (χ3v) is 2.52. The number of hydrogen-bond acceptors (Lipinski definition) is 4. The first-order chi connectivity index (χ1) is 4.74. The molecule has 0 aromatic rings. The Morgan fingerprint density at radius 2 is 2.70 bits per heavy atom. The van der Waals surface area contributed by atoms with Gasteiger partial charge in [0.15, 0.2) is 0 Å². The van der Waals surface area contributed by atoms with Gasteiger partial charge in [-0.3, -0.25) is 15.1 Å². The molecule has 0 amide bonds. The molecule has 1 unspecified atom stereocenters. The van der Waals surface area contributed by atoms with Crippen LogP contribution in [-0.2, 0) is 0 Å². The van der Waals surface area contributed by atoms with Crippen LogP contribution in [0.25, 0.3) is 0 Å². The molecule has 0 aliphatic carbocycles. The highest BCUT2D eigenvalue weighted by atomic mass is 32.2. The van der Waals surface area contributed by atoms with Crippen LogP contribution in [0.1, 0.15) is 13.3 Å². The van der Waals surface area contributed by atoms with Crippen LogP contribution >= 0.6 is 11.8 Å². The summed E-state index contributed by atoms with van der Waals surface area (Å²) < 4.78 is 0. The van der Waals surface area contributed by atoms with Crippen LogP contribution in [0.5, 0.6) is 0 Å². The minimum absolute atomic E-state index is 0.281. The molecule has 1 atom stereocenters. The third-order valence-electron chi connectivity index (χ3n) is 1.23. The Morgan fingerprint density at radius 1 is 2.00 bits per heavy atom. The maximum atomic E-state index is 10.2. The van der Waals surface area contributed by atoms with Crippen LogP contribution in [0.4, 0.5) is 0 Å². The Balaban J connectivity index is 2.43. The van der Waals surface area contributed by atoms with Crippen molar-refractivity contribution in [2.45, 2.75) is 18.7 Å². The summed E-state index contributed by atoms with van der Waals surface area (Å²) in [5.74, 6) is 0. The number of aliphatic imine (C=N–C) groups is 1. The standard InChI is InChI=1S/C5H8N2O2S/c1-2-4-6-3-5(10-4)7(8)9/h5H,2-3H2,1H3. The van der Waals surface area contributed by atoms with E-state index in [1.165, 1.54) is 11.8 Å². The maximum Gasteiger partial charge on any atom is 0.282 e. The topological polar surface area (TPSA) is 55.5 Å². The lowest BCUT2D eigenvalue weighted by Crippen LogP contribution is -2.15. The van der Waals surface area contributed by atoms with Crippen molar-refractivity contribution in [3.05, 3.63) is 10.1 Å². The molecule has 0 saturated carbocycles. The van der Waals surface area contributed by atoms with E-state index in [0.29, 0.717) is 6.54 Å². The van der Waals surface area contributed by atoms with Crippen LogP contribution in [-0.4, -0.2) is 21.9 Å². The second-order valence-electron chi connectivity index (χ2n) is 1.95. The van der Waals surface area contributed by atoms with E-state index in [1.807, 2.05) is 6.92 Å². The molecular weight excluding hydrogens is 152 g/mol. The largest absolute Gasteiger partial charge is 0.282 e. The van der Waals surface area contributed by atoms with E-state index < -0.39 is 5.37 Å². The lowest BCUT2D eigenvalue weighted by Gasteiger charge is -1.96. The fourth-order valence-electron chi connectivity index (χ4n) is 0.716. The van der Waals surface area contributed by atoms with Gasteiger partial charge in [-0.15, -0.1) is 0 Å². The molecule has 5 heteroatoms. The minimum Gasteiger partial charge on any atom is -0.274 e. The number of rotatable bonds is 2. The van der Waals surface area contributed by atoms with Crippen LogP contribution in [0.3, 0.4) is 0 Å². The monoisotopic (exact) mass is 160 g/mol. The molecule has 0 bridgehead atoms. The van der Waals surface area contributed by atoms with Gasteiger partial charge in [0.1, 0.15) is 6.54 Å². The molecule has 0 fully saturated rings. The van der Waals surface area contributed by atoms with Gasteiger partial charge in [-0.25, -0.2) is 0 Å². The zero-order chi connectivity index (χ0) is 7.56. The molecule has 0 saturated heterocycles. The Bertz CT molecular complexity index is 180. The quantitative estimate of drug-likeness (QED) is 0.449. The molecule has 10 heavy (non-hydrogen) atoms. The molecule has 0 spiro atoms. The zero-order valence-electron chi connectivity index (χ0n) is 5.61. The first-order valence-electron chi connectivity index (χ1n) is 3.07. The summed E-state index contributed by atoms with van der Waals surface area (Å²) in [5.41, 5.74) is 0.